The van der Waals surface area contributed by atoms with E-state index in [1.807, 2.05) is 23.6 Å². The highest BCUT2D eigenvalue weighted by Gasteiger charge is 2.15. The van der Waals surface area contributed by atoms with Gasteiger partial charge in [-0.25, -0.2) is 15.0 Å². The molecule has 1 saturated heterocycles. The van der Waals surface area contributed by atoms with Gasteiger partial charge in [0.1, 0.15) is 22.8 Å². The van der Waals surface area contributed by atoms with Gasteiger partial charge in [0.15, 0.2) is 0 Å². The van der Waals surface area contributed by atoms with Gasteiger partial charge in [0.2, 0.25) is 0 Å². The van der Waals surface area contributed by atoms with Crippen LogP contribution in [0.1, 0.15) is 35.4 Å². The third kappa shape index (κ3) is 4.54. The molecule has 0 radical (unpaired) electrons. The number of amides is 1. The molecule has 0 atom stereocenters. The van der Waals surface area contributed by atoms with Crippen LogP contribution >= 0.6 is 11.3 Å². The summed E-state index contributed by atoms with van der Waals surface area (Å²) in [5.41, 5.74) is 2.52. The predicted octanol–water partition coefficient (Wildman–Crippen LogP) is 3.56. The first kappa shape index (κ1) is 18.6. The number of nitrogens with zero attached hydrogens (tertiary/aromatic N) is 4. The molecule has 1 N–H and O–H groups in total. The van der Waals surface area contributed by atoms with Gasteiger partial charge >= 0.3 is 0 Å². The zero-order valence-electron chi connectivity index (χ0n) is 15.7. The van der Waals surface area contributed by atoms with Gasteiger partial charge in [0.25, 0.3) is 5.91 Å². The number of hydrogen-bond acceptors (Lipinski definition) is 6. The number of hydrogen-bond donors (Lipinski definition) is 1. The van der Waals surface area contributed by atoms with Crippen LogP contribution < -0.4 is 10.2 Å². The molecule has 2 aromatic heterocycles. The monoisotopic (exact) mass is 393 g/mol. The van der Waals surface area contributed by atoms with Gasteiger partial charge < -0.3 is 10.2 Å². The molecule has 4 rings (SSSR count). The predicted molar refractivity (Wildman–Crippen MR) is 112 cm³/mol. The molecule has 0 aliphatic carbocycles. The average Bonchev–Trinajstić information content (AvgIpc) is 3.24. The number of carbonyl (C=O) groups excluding carboxylic acids is 1. The van der Waals surface area contributed by atoms with Crippen molar-refractivity contribution in [3.8, 4) is 10.6 Å². The van der Waals surface area contributed by atoms with Gasteiger partial charge in [-0.2, -0.15) is 0 Å². The van der Waals surface area contributed by atoms with E-state index < -0.39 is 0 Å². The van der Waals surface area contributed by atoms with Crippen molar-refractivity contribution in [3.63, 3.8) is 0 Å². The van der Waals surface area contributed by atoms with E-state index in [4.69, 9.17) is 0 Å². The highest BCUT2D eigenvalue weighted by Crippen LogP contribution is 2.23. The fourth-order valence-corrected chi connectivity index (χ4v) is 4.16. The summed E-state index contributed by atoms with van der Waals surface area (Å²) in [6.07, 6.45) is 5.77. The quantitative estimate of drug-likeness (QED) is 0.693. The van der Waals surface area contributed by atoms with E-state index in [-0.39, 0.29) is 5.91 Å². The minimum Gasteiger partial charge on any atom is -0.357 e. The minimum atomic E-state index is -0.167. The average molecular weight is 394 g/mol. The molecular formula is C21H23N5OS. The molecule has 1 aliphatic heterocycles. The van der Waals surface area contributed by atoms with E-state index in [9.17, 15) is 4.79 Å². The summed E-state index contributed by atoms with van der Waals surface area (Å²) < 4.78 is 0. The molecule has 3 aromatic rings. The maximum absolute atomic E-state index is 12.5. The van der Waals surface area contributed by atoms with Crippen LogP contribution in [0, 0.1) is 0 Å². The number of piperidine rings is 1. The fourth-order valence-electron chi connectivity index (χ4n) is 3.30. The highest BCUT2D eigenvalue weighted by atomic mass is 32.1. The van der Waals surface area contributed by atoms with Crippen molar-refractivity contribution in [2.75, 3.05) is 24.5 Å². The molecule has 144 valence electrons. The topological polar surface area (TPSA) is 71.0 Å². The molecule has 0 bridgehead atoms. The first-order valence-electron chi connectivity index (χ1n) is 9.64. The maximum Gasteiger partial charge on any atom is 0.270 e. The molecule has 1 fully saturated rings. The van der Waals surface area contributed by atoms with Crippen LogP contribution in [0.3, 0.4) is 0 Å². The van der Waals surface area contributed by atoms with Crippen LogP contribution in [-0.2, 0) is 6.42 Å². The van der Waals surface area contributed by atoms with E-state index in [0.29, 0.717) is 18.7 Å². The van der Waals surface area contributed by atoms with Crippen molar-refractivity contribution in [3.05, 3.63) is 59.5 Å². The van der Waals surface area contributed by atoms with E-state index in [1.54, 1.807) is 17.4 Å². The van der Waals surface area contributed by atoms with Crippen LogP contribution in [0.4, 0.5) is 5.82 Å². The van der Waals surface area contributed by atoms with Crippen molar-refractivity contribution in [1.82, 2.24) is 20.3 Å². The van der Waals surface area contributed by atoms with E-state index in [2.05, 4.69) is 37.3 Å². The Morgan fingerprint density at radius 3 is 2.75 bits per heavy atom. The van der Waals surface area contributed by atoms with Crippen molar-refractivity contribution < 1.29 is 4.79 Å². The smallest absolute Gasteiger partial charge is 0.270 e. The minimum absolute atomic E-state index is 0.167. The van der Waals surface area contributed by atoms with Crippen molar-refractivity contribution in [2.45, 2.75) is 25.7 Å². The summed E-state index contributed by atoms with van der Waals surface area (Å²) in [5.74, 6) is 0.672. The molecule has 0 saturated carbocycles. The van der Waals surface area contributed by atoms with E-state index >= 15 is 0 Å². The number of benzene rings is 1. The largest absolute Gasteiger partial charge is 0.357 e. The second kappa shape index (κ2) is 8.93. The number of carbonyl (C=O) groups is 1. The summed E-state index contributed by atoms with van der Waals surface area (Å²) in [7, 11) is 0. The second-order valence-corrected chi connectivity index (χ2v) is 7.68. The highest BCUT2D eigenvalue weighted by molar-refractivity contribution is 7.13. The fraction of sp³-hybridized carbons (Fsp3) is 0.333. The van der Waals surface area contributed by atoms with Crippen LogP contribution in [0.25, 0.3) is 10.6 Å². The number of thiazole rings is 1. The molecular weight excluding hydrogens is 370 g/mol. The standard InChI is InChI=1S/C21H23N5OS/c27-20(18-13-19(24-15-23-18)26-11-5-2-6-12-26)22-10-9-17-14-28-21(25-17)16-7-3-1-4-8-16/h1,3-4,7-8,13-15H,2,5-6,9-12H2,(H,22,27). The third-order valence-corrected chi connectivity index (χ3v) is 5.74. The Balaban J connectivity index is 1.32. The summed E-state index contributed by atoms with van der Waals surface area (Å²) >= 11 is 1.63. The Labute approximate surface area is 168 Å². The summed E-state index contributed by atoms with van der Waals surface area (Å²) in [6, 6.07) is 11.9. The second-order valence-electron chi connectivity index (χ2n) is 6.83. The first-order chi connectivity index (χ1) is 13.8. The lowest BCUT2D eigenvalue weighted by Crippen LogP contribution is -2.31. The van der Waals surface area contributed by atoms with Gasteiger partial charge in [0, 0.05) is 43.1 Å². The number of anilines is 1. The lowest BCUT2D eigenvalue weighted by Gasteiger charge is -2.27. The first-order valence-corrected chi connectivity index (χ1v) is 10.5. The Kier molecular flexibility index (Phi) is 5.92. The molecule has 1 aromatic carbocycles. The Bertz CT molecular complexity index is 921. The molecule has 0 spiro atoms. The van der Waals surface area contributed by atoms with Crippen LogP contribution in [0.2, 0.25) is 0 Å². The van der Waals surface area contributed by atoms with Gasteiger partial charge in [-0.3, -0.25) is 4.79 Å². The van der Waals surface area contributed by atoms with Crippen molar-refractivity contribution >= 4 is 23.1 Å². The Morgan fingerprint density at radius 1 is 1.11 bits per heavy atom. The van der Waals surface area contributed by atoms with Gasteiger partial charge in [0.05, 0.1) is 5.69 Å². The molecule has 7 heteroatoms. The normalized spacial score (nSPS) is 14.1. The Hall–Kier alpha value is -2.80. The molecule has 3 heterocycles. The molecule has 1 aliphatic rings. The SMILES string of the molecule is O=C(NCCc1csc(-c2ccccc2)n1)c1cc(N2CCCCC2)ncn1. The molecule has 0 unspecified atom stereocenters. The summed E-state index contributed by atoms with van der Waals surface area (Å²) in [6.45, 7) is 2.51. The van der Waals surface area contributed by atoms with E-state index in [1.165, 1.54) is 25.6 Å². The lowest BCUT2D eigenvalue weighted by atomic mass is 10.1. The number of nitrogens with one attached hydrogen (secondary N) is 1. The van der Waals surface area contributed by atoms with Gasteiger partial charge in [-0.05, 0) is 19.3 Å². The zero-order valence-corrected chi connectivity index (χ0v) is 16.5. The van der Waals surface area contributed by atoms with Crippen LogP contribution in [-0.4, -0.2) is 40.5 Å². The van der Waals surface area contributed by atoms with Gasteiger partial charge in [-0.1, -0.05) is 30.3 Å². The zero-order chi connectivity index (χ0) is 19.2. The molecule has 1 amide bonds. The van der Waals surface area contributed by atoms with Crippen molar-refractivity contribution in [1.29, 1.82) is 0 Å². The summed E-state index contributed by atoms with van der Waals surface area (Å²) in [5, 5.41) is 6.00. The van der Waals surface area contributed by atoms with Gasteiger partial charge in [-0.15, -0.1) is 11.3 Å². The third-order valence-electron chi connectivity index (χ3n) is 4.80. The number of aromatic nitrogens is 3. The lowest BCUT2D eigenvalue weighted by molar-refractivity contribution is 0.0949. The maximum atomic E-state index is 12.5. The van der Waals surface area contributed by atoms with Crippen molar-refractivity contribution in [2.24, 2.45) is 0 Å². The van der Waals surface area contributed by atoms with E-state index in [0.717, 1.165) is 35.2 Å². The Morgan fingerprint density at radius 2 is 1.93 bits per heavy atom. The molecule has 28 heavy (non-hydrogen) atoms. The van der Waals surface area contributed by atoms with Crippen LogP contribution in [0.15, 0.2) is 48.1 Å². The van der Waals surface area contributed by atoms with Crippen LogP contribution in [0.5, 0.6) is 0 Å². The molecule has 6 nitrogen and oxygen atoms in total. The summed E-state index contributed by atoms with van der Waals surface area (Å²) in [4.78, 5) is 27.8. The number of rotatable bonds is 6.